The lowest BCUT2D eigenvalue weighted by atomic mass is 10.2. The summed E-state index contributed by atoms with van der Waals surface area (Å²) in [4.78, 5) is 15.9. The molecule has 0 saturated carbocycles. The van der Waals surface area contributed by atoms with Crippen molar-refractivity contribution in [1.29, 1.82) is 0 Å². The van der Waals surface area contributed by atoms with E-state index in [2.05, 4.69) is 27.1 Å². The molecule has 2 rings (SSSR count). The van der Waals surface area contributed by atoms with Crippen LogP contribution >= 0.6 is 11.8 Å². The summed E-state index contributed by atoms with van der Waals surface area (Å²) in [7, 11) is 0. The number of nitrogens with zero attached hydrogens (tertiary/aromatic N) is 2. The molecular formula is C14H15FN4OS. The zero-order chi connectivity index (χ0) is 15.2. The van der Waals surface area contributed by atoms with Crippen molar-refractivity contribution >= 4 is 17.7 Å². The molecule has 0 bridgehead atoms. The van der Waals surface area contributed by atoms with Gasteiger partial charge in [0.25, 0.3) is 0 Å². The second-order valence-corrected chi connectivity index (χ2v) is 5.55. The molecule has 0 fully saturated rings. The number of H-pyrrole nitrogens is 1. The van der Waals surface area contributed by atoms with Crippen LogP contribution in [0.1, 0.15) is 6.92 Å². The van der Waals surface area contributed by atoms with Gasteiger partial charge < -0.3 is 5.32 Å². The van der Waals surface area contributed by atoms with Crippen LogP contribution in [-0.2, 0) is 4.79 Å². The third-order valence-electron chi connectivity index (χ3n) is 2.67. The van der Waals surface area contributed by atoms with Crippen molar-refractivity contribution in [3.63, 3.8) is 0 Å². The van der Waals surface area contributed by atoms with Crippen molar-refractivity contribution in [2.75, 3.05) is 6.54 Å². The summed E-state index contributed by atoms with van der Waals surface area (Å²) >= 11 is 1.20. The Balaban J connectivity index is 2.05. The van der Waals surface area contributed by atoms with Gasteiger partial charge in [0.1, 0.15) is 5.82 Å². The van der Waals surface area contributed by atoms with E-state index >= 15 is 0 Å². The van der Waals surface area contributed by atoms with Gasteiger partial charge in [0.2, 0.25) is 11.1 Å². The van der Waals surface area contributed by atoms with Crippen LogP contribution in [0.5, 0.6) is 0 Å². The molecule has 2 aromatic rings. The molecule has 0 spiro atoms. The quantitative estimate of drug-likeness (QED) is 0.635. The second kappa shape index (κ2) is 7.03. The van der Waals surface area contributed by atoms with Crippen molar-refractivity contribution in [2.45, 2.75) is 17.3 Å². The van der Waals surface area contributed by atoms with Gasteiger partial charge in [0.15, 0.2) is 5.82 Å². The Morgan fingerprint density at radius 3 is 3.05 bits per heavy atom. The summed E-state index contributed by atoms with van der Waals surface area (Å²) in [5.74, 6) is -0.159. The van der Waals surface area contributed by atoms with Crippen molar-refractivity contribution < 1.29 is 9.18 Å². The first-order valence-electron chi connectivity index (χ1n) is 6.34. The summed E-state index contributed by atoms with van der Waals surface area (Å²) < 4.78 is 13.6. The van der Waals surface area contributed by atoms with Crippen LogP contribution in [0.3, 0.4) is 0 Å². The average Bonchev–Trinajstić information content (AvgIpc) is 2.93. The third-order valence-corrected chi connectivity index (χ3v) is 3.63. The van der Waals surface area contributed by atoms with Crippen LogP contribution in [0.4, 0.5) is 4.39 Å². The maximum Gasteiger partial charge on any atom is 0.233 e. The summed E-state index contributed by atoms with van der Waals surface area (Å²) in [6, 6.07) is 6.30. The van der Waals surface area contributed by atoms with Crippen LogP contribution < -0.4 is 5.32 Å². The minimum atomic E-state index is -0.373. The van der Waals surface area contributed by atoms with Crippen molar-refractivity contribution in [3.8, 4) is 11.4 Å². The molecule has 0 unspecified atom stereocenters. The predicted octanol–water partition coefficient (Wildman–Crippen LogP) is 2.39. The molecule has 1 aromatic carbocycles. The van der Waals surface area contributed by atoms with Gasteiger partial charge >= 0.3 is 0 Å². The number of aromatic nitrogens is 3. The van der Waals surface area contributed by atoms with E-state index in [0.29, 0.717) is 23.1 Å². The molecule has 1 aromatic heterocycles. The lowest BCUT2D eigenvalue weighted by molar-refractivity contribution is -0.120. The molecule has 0 aliphatic heterocycles. The monoisotopic (exact) mass is 306 g/mol. The van der Waals surface area contributed by atoms with E-state index in [4.69, 9.17) is 0 Å². The lowest BCUT2D eigenvalue weighted by Gasteiger charge is -2.07. The van der Waals surface area contributed by atoms with Gasteiger partial charge in [-0.3, -0.25) is 9.89 Å². The molecule has 0 aliphatic carbocycles. The highest BCUT2D eigenvalue weighted by molar-refractivity contribution is 8.00. The number of nitrogens with one attached hydrogen (secondary N) is 2. The first-order chi connectivity index (χ1) is 10.1. The fourth-order valence-electron chi connectivity index (χ4n) is 1.60. The van der Waals surface area contributed by atoms with Crippen molar-refractivity contribution in [2.24, 2.45) is 0 Å². The van der Waals surface area contributed by atoms with Crippen LogP contribution in [-0.4, -0.2) is 32.9 Å². The highest BCUT2D eigenvalue weighted by Crippen LogP contribution is 2.24. The van der Waals surface area contributed by atoms with Crippen LogP contribution in [0.25, 0.3) is 11.4 Å². The van der Waals surface area contributed by atoms with Gasteiger partial charge in [-0.2, -0.15) is 0 Å². The van der Waals surface area contributed by atoms with Gasteiger partial charge in [-0.25, -0.2) is 9.37 Å². The smallest absolute Gasteiger partial charge is 0.233 e. The van der Waals surface area contributed by atoms with Crippen LogP contribution in [0.15, 0.2) is 42.1 Å². The average molecular weight is 306 g/mol. The predicted molar refractivity (Wildman–Crippen MR) is 80.3 cm³/mol. The SMILES string of the molecule is C=CCNC(=O)[C@H](C)Sc1n[nH]c(-c2ccccc2F)n1. The molecule has 1 amide bonds. The Morgan fingerprint density at radius 1 is 1.57 bits per heavy atom. The van der Waals surface area contributed by atoms with E-state index < -0.39 is 0 Å². The second-order valence-electron chi connectivity index (χ2n) is 4.24. The summed E-state index contributed by atoms with van der Waals surface area (Å²) in [6.45, 7) is 5.70. The van der Waals surface area contributed by atoms with Gasteiger partial charge in [-0.05, 0) is 19.1 Å². The summed E-state index contributed by atoms with van der Waals surface area (Å²) in [5, 5.41) is 9.42. The molecule has 0 radical (unpaired) electrons. The number of thioether (sulfide) groups is 1. The molecular weight excluding hydrogens is 291 g/mol. The highest BCUT2D eigenvalue weighted by Gasteiger charge is 2.17. The molecule has 1 atom stereocenters. The van der Waals surface area contributed by atoms with E-state index in [1.807, 2.05) is 0 Å². The zero-order valence-electron chi connectivity index (χ0n) is 11.5. The van der Waals surface area contributed by atoms with Gasteiger partial charge in [-0.1, -0.05) is 30.0 Å². The molecule has 1 heterocycles. The van der Waals surface area contributed by atoms with Gasteiger partial charge in [0.05, 0.1) is 10.8 Å². The number of hydrogen-bond donors (Lipinski definition) is 2. The van der Waals surface area contributed by atoms with E-state index in [-0.39, 0.29) is 17.0 Å². The van der Waals surface area contributed by atoms with E-state index in [1.165, 1.54) is 17.8 Å². The molecule has 0 saturated heterocycles. The highest BCUT2D eigenvalue weighted by atomic mass is 32.2. The largest absolute Gasteiger partial charge is 0.352 e. The number of carbonyl (C=O) groups is 1. The van der Waals surface area contributed by atoms with Crippen molar-refractivity contribution in [3.05, 3.63) is 42.7 Å². The number of hydrogen-bond acceptors (Lipinski definition) is 4. The molecule has 110 valence electrons. The zero-order valence-corrected chi connectivity index (χ0v) is 12.3. The van der Waals surface area contributed by atoms with Crippen LogP contribution in [0.2, 0.25) is 0 Å². The van der Waals surface area contributed by atoms with Crippen LogP contribution in [0, 0.1) is 5.82 Å². The number of rotatable bonds is 6. The maximum absolute atomic E-state index is 13.6. The van der Waals surface area contributed by atoms with E-state index in [9.17, 15) is 9.18 Å². The maximum atomic E-state index is 13.6. The minimum absolute atomic E-state index is 0.128. The number of halogens is 1. The first-order valence-corrected chi connectivity index (χ1v) is 7.22. The van der Waals surface area contributed by atoms with Crippen molar-refractivity contribution in [1.82, 2.24) is 20.5 Å². The number of amides is 1. The number of aromatic amines is 1. The molecule has 0 aliphatic rings. The number of benzene rings is 1. The topological polar surface area (TPSA) is 70.7 Å². The Hall–Kier alpha value is -2.15. The van der Waals surface area contributed by atoms with E-state index in [0.717, 1.165) is 0 Å². The Labute approximate surface area is 126 Å². The lowest BCUT2D eigenvalue weighted by Crippen LogP contribution is -2.30. The Bertz CT molecular complexity index is 643. The molecule has 21 heavy (non-hydrogen) atoms. The fourth-order valence-corrected chi connectivity index (χ4v) is 2.35. The van der Waals surface area contributed by atoms with Gasteiger partial charge in [0, 0.05) is 6.54 Å². The van der Waals surface area contributed by atoms with Gasteiger partial charge in [-0.15, -0.1) is 11.7 Å². The first kappa shape index (κ1) is 15.2. The summed E-state index contributed by atoms with van der Waals surface area (Å²) in [6.07, 6.45) is 1.61. The molecule has 7 heteroatoms. The standard InChI is InChI=1S/C14H15FN4OS/c1-3-8-16-13(20)9(2)21-14-17-12(18-19-14)10-6-4-5-7-11(10)15/h3-7,9H,1,8H2,2H3,(H,16,20)(H,17,18,19)/t9-/m0/s1. The minimum Gasteiger partial charge on any atom is -0.352 e. The Morgan fingerprint density at radius 2 is 2.33 bits per heavy atom. The van der Waals surface area contributed by atoms with E-state index in [1.54, 1.807) is 31.2 Å². The third kappa shape index (κ3) is 3.91. The summed E-state index contributed by atoms with van der Waals surface area (Å²) in [5.41, 5.74) is 0.348. The fraction of sp³-hybridized carbons (Fsp3) is 0.214. The molecule has 2 N–H and O–H groups in total. The molecule has 5 nitrogen and oxygen atoms in total. The normalized spacial score (nSPS) is 11.9. The number of carbonyl (C=O) groups excluding carboxylic acids is 1. The Kier molecular flexibility index (Phi) is 5.10.